The molecule has 1 amide bonds. The second-order valence-corrected chi connectivity index (χ2v) is 9.99. The minimum atomic E-state index is -0.186. The number of aromatic nitrogens is 2. The predicted octanol–water partition coefficient (Wildman–Crippen LogP) is 3.50. The van der Waals surface area contributed by atoms with Crippen molar-refractivity contribution in [3.05, 3.63) is 57.3 Å². The number of piperidine rings is 1. The summed E-state index contributed by atoms with van der Waals surface area (Å²) in [5.74, 6) is 0.667. The van der Waals surface area contributed by atoms with Gasteiger partial charge in [0.25, 0.3) is 11.5 Å². The van der Waals surface area contributed by atoms with Crippen molar-refractivity contribution in [3.63, 3.8) is 0 Å². The molecule has 1 aliphatic carbocycles. The Morgan fingerprint density at radius 2 is 1.88 bits per heavy atom. The number of carbonyl (C=O) groups is 1. The van der Waals surface area contributed by atoms with Gasteiger partial charge in [0.05, 0.1) is 11.7 Å². The van der Waals surface area contributed by atoms with Gasteiger partial charge in [0.1, 0.15) is 5.82 Å². The summed E-state index contributed by atoms with van der Waals surface area (Å²) in [6, 6.07) is 8.19. The number of H-pyrrole nitrogens is 1. The lowest BCUT2D eigenvalue weighted by atomic mass is 9.98. The van der Waals surface area contributed by atoms with Crippen LogP contribution in [0.15, 0.2) is 29.1 Å². The Bertz CT molecular complexity index is 1070. The average molecular weight is 450 g/mol. The number of rotatable bonds is 4. The van der Waals surface area contributed by atoms with Gasteiger partial charge in [0.15, 0.2) is 0 Å². The van der Waals surface area contributed by atoms with E-state index in [2.05, 4.69) is 9.88 Å². The van der Waals surface area contributed by atoms with E-state index in [1.807, 2.05) is 48.2 Å². The number of aromatic amines is 1. The third-order valence-corrected chi connectivity index (χ3v) is 7.65. The van der Waals surface area contributed by atoms with Gasteiger partial charge in [-0.25, -0.2) is 4.98 Å². The quantitative estimate of drug-likeness (QED) is 0.773. The summed E-state index contributed by atoms with van der Waals surface area (Å²) in [6.07, 6.45) is 8.70. The second kappa shape index (κ2) is 9.29. The zero-order valence-corrected chi connectivity index (χ0v) is 19.8. The SMILES string of the molecule is CN(C)c1cccc(C(=O)N2CCCC[C@@H]2c2nc3c(c(=O)[nH]2)CCN(C2CCCC2)C3)c1. The predicted molar refractivity (Wildman–Crippen MR) is 130 cm³/mol. The van der Waals surface area contributed by atoms with Crippen LogP contribution in [0.25, 0.3) is 0 Å². The molecule has 2 aliphatic heterocycles. The summed E-state index contributed by atoms with van der Waals surface area (Å²) in [4.78, 5) is 41.0. The minimum Gasteiger partial charge on any atom is -0.378 e. The fraction of sp³-hybridized carbons (Fsp3) is 0.577. The van der Waals surface area contributed by atoms with Crippen molar-refractivity contribution < 1.29 is 4.79 Å². The van der Waals surface area contributed by atoms with Crippen molar-refractivity contribution in [2.75, 3.05) is 32.1 Å². The molecule has 1 atom stereocenters. The van der Waals surface area contributed by atoms with E-state index in [9.17, 15) is 9.59 Å². The van der Waals surface area contributed by atoms with Crippen LogP contribution in [0.4, 0.5) is 5.69 Å². The lowest BCUT2D eigenvalue weighted by molar-refractivity contribution is 0.0598. The Morgan fingerprint density at radius 3 is 2.67 bits per heavy atom. The molecule has 1 saturated heterocycles. The van der Waals surface area contributed by atoms with E-state index < -0.39 is 0 Å². The van der Waals surface area contributed by atoms with Gasteiger partial charge in [-0.3, -0.25) is 14.5 Å². The summed E-state index contributed by atoms with van der Waals surface area (Å²) < 4.78 is 0. The molecule has 1 aromatic carbocycles. The van der Waals surface area contributed by atoms with Crippen LogP contribution in [0.1, 0.15) is 78.4 Å². The van der Waals surface area contributed by atoms with Gasteiger partial charge < -0.3 is 14.8 Å². The first-order chi connectivity index (χ1) is 16.0. The Morgan fingerprint density at radius 1 is 1.09 bits per heavy atom. The Balaban J connectivity index is 1.43. The molecule has 33 heavy (non-hydrogen) atoms. The first-order valence-corrected chi connectivity index (χ1v) is 12.5. The van der Waals surface area contributed by atoms with Gasteiger partial charge in [-0.15, -0.1) is 0 Å². The molecule has 3 aliphatic rings. The number of likely N-dealkylation sites (tertiary alicyclic amines) is 1. The van der Waals surface area contributed by atoms with Crippen LogP contribution in [-0.2, 0) is 13.0 Å². The van der Waals surface area contributed by atoms with Gasteiger partial charge in [-0.1, -0.05) is 18.9 Å². The number of anilines is 1. The maximum absolute atomic E-state index is 13.5. The number of nitrogens with one attached hydrogen (secondary N) is 1. The summed E-state index contributed by atoms with van der Waals surface area (Å²) in [5, 5.41) is 0. The highest BCUT2D eigenvalue weighted by Gasteiger charge is 2.33. The number of amides is 1. The monoisotopic (exact) mass is 449 g/mol. The van der Waals surface area contributed by atoms with Crippen molar-refractivity contribution in [1.82, 2.24) is 19.8 Å². The van der Waals surface area contributed by atoms with Gasteiger partial charge in [-0.05, 0) is 56.7 Å². The highest BCUT2D eigenvalue weighted by molar-refractivity contribution is 5.95. The lowest BCUT2D eigenvalue weighted by Gasteiger charge is -2.36. The molecule has 3 heterocycles. The number of carbonyl (C=O) groups excluding carboxylic acids is 1. The zero-order chi connectivity index (χ0) is 22.9. The van der Waals surface area contributed by atoms with Crippen molar-refractivity contribution >= 4 is 11.6 Å². The highest BCUT2D eigenvalue weighted by atomic mass is 16.2. The molecule has 0 spiro atoms. The smallest absolute Gasteiger partial charge is 0.254 e. The van der Waals surface area contributed by atoms with Crippen LogP contribution in [0.2, 0.25) is 0 Å². The van der Waals surface area contributed by atoms with Crippen molar-refractivity contribution in [3.8, 4) is 0 Å². The molecule has 0 radical (unpaired) electrons. The maximum atomic E-state index is 13.5. The molecule has 1 aromatic heterocycles. The molecule has 2 aromatic rings. The van der Waals surface area contributed by atoms with Crippen LogP contribution in [-0.4, -0.2) is 58.9 Å². The first-order valence-electron chi connectivity index (χ1n) is 12.5. The molecule has 2 fully saturated rings. The lowest BCUT2D eigenvalue weighted by Crippen LogP contribution is -2.43. The normalized spacial score (nSPS) is 21.8. The van der Waals surface area contributed by atoms with E-state index in [1.54, 1.807) is 0 Å². The number of hydrogen-bond acceptors (Lipinski definition) is 5. The number of hydrogen-bond donors (Lipinski definition) is 1. The van der Waals surface area contributed by atoms with E-state index in [0.29, 0.717) is 24.0 Å². The highest BCUT2D eigenvalue weighted by Crippen LogP contribution is 2.32. The van der Waals surface area contributed by atoms with Gasteiger partial charge in [0.2, 0.25) is 0 Å². The standard InChI is InChI=1S/C26H35N5O2/c1-29(2)20-11-7-8-18(16-20)26(33)31-14-6-5-12-23(31)24-27-22-17-30(19-9-3-4-10-19)15-13-21(22)25(32)28-24/h7-8,11,16,19,23H,3-6,9-10,12-15,17H2,1-2H3,(H,27,28,32)/t23-/m1/s1. The average Bonchev–Trinajstić information content (AvgIpc) is 3.38. The van der Waals surface area contributed by atoms with Crippen molar-refractivity contribution in [2.24, 2.45) is 0 Å². The summed E-state index contributed by atoms with van der Waals surface area (Å²) >= 11 is 0. The fourth-order valence-corrected chi connectivity index (χ4v) is 5.76. The molecule has 176 valence electrons. The number of nitrogens with zero attached hydrogens (tertiary/aromatic N) is 4. The molecular formula is C26H35N5O2. The topological polar surface area (TPSA) is 72.5 Å². The Labute approximate surface area is 195 Å². The molecular weight excluding hydrogens is 414 g/mol. The van der Waals surface area contributed by atoms with Crippen molar-refractivity contribution in [2.45, 2.75) is 70.0 Å². The minimum absolute atomic E-state index is 0.0105. The van der Waals surface area contributed by atoms with E-state index in [4.69, 9.17) is 4.98 Å². The first kappa shape index (κ1) is 22.1. The van der Waals surface area contributed by atoms with E-state index in [0.717, 1.165) is 55.7 Å². The third-order valence-electron chi connectivity index (χ3n) is 7.65. The van der Waals surface area contributed by atoms with Crippen LogP contribution in [0.3, 0.4) is 0 Å². The summed E-state index contributed by atoms with van der Waals surface area (Å²) in [7, 11) is 3.95. The van der Waals surface area contributed by atoms with E-state index in [1.165, 1.54) is 25.7 Å². The van der Waals surface area contributed by atoms with E-state index in [-0.39, 0.29) is 17.5 Å². The number of fused-ring (bicyclic) bond motifs is 1. The van der Waals surface area contributed by atoms with Crippen LogP contribution in [0, 0.1) is 0 Å². The Kier molecular flexibility index (Phi) is 6.23. The molecule has 0 unspecified atom stereocenters. The largest absolute Gasteiger partial charge is 0.378 e. The van der Waals surface area contributed by atoms with E-state index >= 15 is 0 Å². The van der Waals surface area contributed by atoms with Gasteiger partial charge in [-0.2, -0.15) is 0 Å². The van der Waals surface area contributed by atoms with Crippen LogP contribution < -0.4 is 10.5 Å². The van der Waals surface area contributed by atoms with Gasteiger partial charge in [0, 0.05) is 56.6 Å². The summed E-state index contributed by atoms with van der Waals surface area (Å²) in [6.45, 7) is 2.38. The molecule has 1 saturated carbocycles. The van der Waals surface area contributed by atoms with Crippen LogP contribution in [0.5, 0.6) is 0 Å². The molecule has 7 nitrogen and oxygen atoms in total. The fourth-order valence-electron chi connectivity index (χ4n) is 5.76. The third kappa shape index (κ3) is 4.43. The maximum Gasteiger partial charge on any atom is 0.254 e. The van der Waals surface area contributed by atoms with Gasteiger partial charge >= 0.3 is 0 Å². The Hall–Kier alpha value is -2.67. The molecule has 7 heteroatoms. The van der Waals surface area contributed by atoms with Crippen LogP contribution >= 0.6 is 0 Å². The summed E-state index contributed by atoms with van der Waals surface area (Å²) in [5.41, 5.74) is 3.41. The molecule has 1 N–H and O–H groups in total. The number of benzene rings is 1. The molecule has 0 bridgehead atoms. The van der Waals surface area contributed by atoms with Crippen molar-refractivity contribution in [1.29, 1.82) is 0 Å². The second-order valence-electron chi connectivity index (χ2n) is 9.99. The molecule has 5 rings (SSSR count). The zero-order valence-electron chi connectivity index (χ0n) is 19.8.